The molecule has 1 aliphatic rings. The molecule has 4 heterocycles. The van der Waals surface area contributed by atoms with Crippen molar-refractivity contribution in [2.45, 2.75) is 6.54 Å². The van der Waals surface area contributed by atoms with E-state index in [1.165, 1.54) is 6.07 Å². The average Bonchev–Trinajstić information content (AvgIpc) is 3.39. The summed E-state index contributed by atoms with van der Waals surface area (Å²) in [6, 6.07) is 11.0. The number of morpholine rings is 1. The summed E-state index contributed by atoms with van der Waals surface area (Å²) in [7, 11) is 0. The second-order valence-electron chi connectivity index (χ2n) is 6.87. The lowest BCUT2D eigenvalue weighted by molar-refractivity contribution is 0.122. The molecule has 0 amide bonds. The Morgan fingerprint density at radius 2 is 1.86 bits per heavy atom. The molecule has 0 spiro atoms. The van der Waals surface area contributed by atoms with Crippen molar-refractivity contribution in [2.75, 3.05) is 31.2 Å². The van der Waals surface area contributed by atoms with Crippen LogP contribution < -0.4 is 4.90 Å². The Morgan fingerprint density at radius 3 is 2.68 bits per heavy atom. The zero-order valence-electron chi connectivity index (χ0n) is 15.3. The molecule has 5 rings (SSSR count). The molecular formula is C21H20FN5O. The van der Waals surface area contributed by atoms with Gasteiger partial charge in [-0.3, -0.25) is 4.40 Å². The largest absolute Gasteiger partial charge is 0.378 e. The van der Waals surface area contributed by atoms with Gasteiger partial charge in [0.15, 0.2) is 0 Å². The minimum Gasteiger partial charge on any atom is -0.378 e. The van der Waals surface area contributed by atoms with Crippen molar-refractivity contribution < 1.29 is 9.13 Å². The molecule has 1 aliphatic heterocycles. The van der Waals surface area contributed by atoms with E-state index in [-0.39, 0.29) is 5.82 Å². The first kappa shape index (κ1) is 16.9. The van der Waals surface area contributed by atoms with Crippen LogP contribution in [-0.4, -0.2) is 45.2 Å². The van der Waals surface area contributed by atoms with Crippen LogP contribution in [0.15, 0.2) is 61.2 Å². The summed E-state index contributed by atoms with van der Waals surface area (Å²) in [6.45, 7) is 3.75. The monoisotopic (exact) mass is 377 g/mol. The van der Waals surface area contributed by atoms with Gasteiger partial charge >= 0.3 is 0 Å². The Labute approximate surface area is 161 Å². The second kappa shape index (κ2) is 7.09. The lowest BCUT2D eigenvalue weighted by atomic mass is 10.1. The highest BCUT2D eigenvalue weighted by Crippen LogP contribution is 2.25. The Hall–Kier alpha value is -3.19. The molecule has 4 aromatic rings. The number of fused-ring (bicyclic) bond motifs is 1. The Bertz CT molecular complexity index is 1100. The van der Waals surface area contributed by atoms with Crippen LogP contribution in [-0.2, 0) is 11.3 Å². The fraction of sp³-hybridized carbons (Fsp3) is 0.238. The van der Waals surface area contributed by atoms with Crippen molar-refractivity contribution in [2.24, 2.45) is 0 Å². The van der Waals surface area contributed by atoms with Crippen LogP contribution in [0.25, 0.3) is 17.0 Å². The summed E-state index contributed by atoms with van der Waals surface area (Å²) < 4.78 is 23.9. The molecule has 1 fully saturated rings. The number of ether oxygens (including phenoxy) is 1. The predicted molar refractivity (Wildman–Crippen MR) is 105 cm³/mol. The lowest BCUT2D eigenvalue weighted by Gasteiger charge is -2.27. The third-order valence-electron chi connectivity index (χ3n) is 5.03. The van der Waals surface area contributed by atoms with E-state index in [4.69, 9.17) is 4.74 Å². The molecule has 28 heavy (non-hydrogen) atoms. The molecule has 0 N–H and O–H groups in total. The van der Waals surface area contributed by atoms with E-state index in [2.05, 4.69) is 19.4 Å². The molecule has 0 atom stereocenters. The number of hydrogen-bond donors (Lipinski definition) is 0. The first-order chi connectivity index (χ1) is 13.8. The van der Waals surface area contributed by atoms with Gasteiger partial charge in [-0.1, -0.05) is 6.07 Å². The van der Waals surface area contributed by atoms with E-state index in [0.717, 1.165) is 24.5 Å². The highest BCUT2D eigenvalue weighted by Gasteiger charge is 2.17. The second-order valence-corrected chi connectivity index (χ2v) is 6.87. The summed E-state index contributed by atoms with van der Waals surface area (Å²) in [5, 5.41) is 0. The Balaban J connectivity index is 1.49. The molecule has 0 radical (unpaired) electrons. The molecule has 0 bridgehead atoms. The van der Waals surface area contributed by atoms with Crippen molar-refractivity contribution in [3.05, 3.63) is 72.6 Å². The minimum atomic E-state index is -0.284. The molecule has 7 heteroatoms. The van der Waals surface area contributed by atoms with Gasteiger partial charge in [-0.25, -0.2) is 14.4 Å². The zero-order chi connectivity index (χ0) is 18.9. The number of nitrogens with zero attached hydrogens (tertiary/aromatic N) is 5. The third-order valence-corrected chi connectivity index (χ3v) is 5.03. The molecule has 1 aromatic carbocycles. The van der Waals surface area contributed by atoms with Gasteiger partial charge in [-0.05, 0) is 35.9 Å². The Kier molecular flexibility index (Phi) is 4.29. The van der Waals surface area contributed by atoms with Gasteiger partial charge in [0.05, 0.1) is 25.1 Å². The number of anilines is 1. The van der Waals surface area contributed by atoms with Crippen LogP contribution in [0.3, 0.4) is 0 Å². The van der Waals surface area contributed by atoms with Crippen LogP contribution in [0.4, 0.5) is 10.2 Å². The zero-order valence-corrected chi connectivity index (χ0v) is 15.3. The molecular weight excluding hydrogens is 357 g/mol. The van der Waals surface area contributed by atoms with Crippen LogP contribution >= 0.6 is 0 Å². The van der Waals surface area contributed by atoms with E-state index in [1.807, 2.05) is 59.5 Å². The van der Waals surface area contributed by atoms with Gasteiger partial charge in [-0.15, -0.1) is 0 Å². The summed E-state index contributed by atoms with van der Waals surface area (Å²) in [5.41, 5.74) is 2.09. The molecule has 142 valence electrons. The molecule has 0 saturated carbocycles. The fourth-order valence-corrected chi connectivity index (χ4v) is 3.59. The van der Waals surface area contributed by atoms with Gasteiger partial charge in [0.1, 0.15) is 11.6 Å². The maximum absolute atomic E-state index is 14.5. The fourth-order valence-electron chi connectivity index (χ4n) is 3.59. The highest BCUT2D eigenvalue weighted by atomic mass is 19.1. The van der Waals surface area contributed by atoms with Crippen LogP contribution in [0.2, 0.25) is 0 Å². The van der Waals surface area contributed by atoms with Crippen molar-refractivity contribution in [3.8, 4) is 11.3 Å². The van der Waals surface area contributed by atoms with Crippen molar-refractivity contribution in [3.63, 3.8) is 0 Å². The van der Waals surface area contributed by atoms with Gasteiger partial charge < -0.3 is 14.2 Å². The molecule has 0 unspecified atom stereocenters. The summed E-state index contributed by atoms with van der Waals surface area (Å²) in [4.78, 5) is 11.3. The first-order valence-corrected chi connectivity index (χ1v) is 9.34. The Morgan fingerprint density at radius 1 is 1.04 bits per heavy atom. The summed E-state index contributed by atoms with van der Waals surface area (Å²) in [5.74, 6) is 1.27. The number of benzene rings is 1. The normalized spacial score (nSPS) is 14.7. The smallest absolute Gasteiger partial charge is 0.235 e. The SMILES string of the molecule is Fc1ccc(Cn2cccc2)cc1-c1ccn2c(N3CCOCC3)cnc2n1. The average molecular weight is 377 g/mol. The number of rotatable bonds is 4. The predicted octanol–water partition coefficient (Wildman–Crippen LogP) is 3.22. The highest BCUT2D eigenvalue weighted by molar-refractivity contribution is 5.63. The van der Waals surface area contributed by atoms with Crippen molar-refractivity contribution >= 4 is 11.6 Å². The maximum Gasteiger partial charge on any atom is 0.235 e. The number of aromatic nitrogens is 4. The summed E-state index contributed by atoms with van der Waals surface area (Å²) in [6.07, 6.45) is 7.71. The number of imidazole rings is 1. The van der Waals surface area contributed by atoms with Gasteiger partial charge in [0.25, 0.3) is 0 Å². The minimum absolute atomic E-state index is 0.284. The van der Waals surface area contributed by atoms with Gasteiger partial charge in [0.2, 0.25) is 5.78 Å². The molecule has 0 aliphatic carbocycles. The number of hydrogen-bond acceptors (Lipinski definition) is 4. The maximum atomic E-state index is 14.5. The van der Waals surface area contributed by atoms with E-state index in [0.29, 0.717) is 36.8 Å². The lowest BCUT2D eigenvalue weighted by Crippen LogP contribution is -2.36. The molecule has 1 saturated heterocycles. The van der Waals surface area contributed by atoms with E-state index in [1.54, 1.807) is 0 Å². The van der Waals surface area contributed by atoms with Crippen molar-refractivity contribution in [1.29, 1.82) is 0 Å². The van der Waals surface area contributed by atoms with E-state index in [9.17, 15) is 4.39 Å². The number of halogens is 1. The quantitative estimate of drug-likeness (QED) is 0.548. The standard InChI is InChI=1S/C21H20FN5O/c22-18-4-3-16(15-25-6-1-2-7-25)13-17(18)19-5-8-27-20(14-23-21(27)24-19)26-9-11-28-12-10-26/h1-8,13-14H,9-12,15H2. The van der Waals surface area contributed by atoms with Crippen LogP contribution in [0.1, 0.15) is 5.56 Å². The van der Waals surface area contributed by atoms with E-state index >= 15 is 0 Å². The molecule has 6 nitrogen and oxygen atoms in total. The van der Waals surface area contributed by atoms with E-state index < -0.39 is 0 Å². The first-order valence-electron chi connectivity index (χ1n) is 9.34. The van der Waals surface area contributed by atoms with Crippen molar-refractivity contribution in [1.82, 2.24) is 18.9 Å². The van der Waals surface area contributed by atoms with Crippen LogP contribution in [0.5, 0.6) is 0 Å². The third kappa shape index (κ3) is 3.14. The summed E-state index contributed by atoms with van der Waals surface area (Å²) >= 11 is 0. The van der Waals surface area contributed by atoms with Gasteiger partial charge in [0, 0.05) is 43.8 Å². The van der Waals surface area contributed by atoms with Gasteiger partial charge in [-0.2, -0.15) is 0 Å². The van der Waals surface area contributed by atoms with Crippen LogP contribution in [0, 0.1) is 5.82 Å². The molecule has 3 aromatic heterocycles. The topological polar surface area (TPSA) is 47.6 Å².